The first-order valence-corrected chi connectivity index (χ1v) is 10.6. The minimum atomic E-state index is -0.0876. The fourth-order valence-electron chi connectivity index (χ4n) is 4.94. The van der Waals surface area contributed by atoms with Gasteiger partial charge >= 0.3 is 6.03 Å². The van der Waals surface area contributed by atoms with Gasteiger partial charge in [-0.3, -0.25) is 4.90 Å². The Hall–Kier alpha value is -2.53. The standard InChI is InChI=1S/C24H31N3O2/c1-16-5-4-6-17(2)23(16)26-24(28)25-19-13-20-9-10-21(14-19)27(20)15-18-7-11-22(29-3)12-8-18/h4-8,11-12,19-21H,9-10,13-15H2,1-3H3,(H2,25,26,28)/t19?,20-,21+. The van der Waals surface area contributed by atoms with Gasteiger partial charge < -0.3 is 15.4 Å². The van der Waals surface area contributed by atoms with Crippen molar-refractivity contribution in [1.29, 1.82) is 0 Å². The van der Waals surface area contributed by atoms with Gasteiger partial charge in [0, 0.05) is 30.4 Å². The second-order valence-corrected chi connectivity index (χ2v) is 8.44. The van der Waals surface area contributed by atoms with E-state index in [9.17, 15) is 4.79 Å². The number of hydrogen-bond acceptors (Lipinski definition) is 3. The minimum Gasteiger partial charge on any atom is -0.497 e. The van der Waals surface area contributed by atoms with Gasteiger partial charge in [-0.1, -0.05) is 30.3 Å². The molecule has 2 aliphatic heterocycles. The van der Waals surface area contributed by atoms with E-state index in [-0.39, 0.29) is 12.1 Å². The molecule has 2 aromatic rings. The highest BCUT2D eigenvalue weighted by molar-refractivity contribution is 5.91. The van der Waals surface area contributed by atoms with Crippen LogP contribution in [0.1, 0.15) is 42.4 Å². The van der Waals surface area contributed by atoms with Crippen LogP contribution in [-0.4, -0.2) is 36.2 Å². The van der Waals surface area contributed by atoms with E-state index in [1.165, 1.54) is 18.4 Å². The van der Waals surface area contributed by atoms with Crippen LogP contribution in [0.5, 0.6) is 5.75 Å². The van der Waals surface area contributed by atoms with Gasteiger partial charge in [0.05, 0.1) is 7.11 Å². The van der Waals surface area contributed by atoms with Crippen LogP contribution < -0.4 is 15.4 Å². The predicted octanol–water partition coefficient (Wildman–Crippen LogP) is 4.63. The van der Waals surface area contributed by atoms with Gasteiger partial charge in [0.1, 0.15) is 5.75 Å². The number of anilines is 1. The molecule has 3 atom stereocenters. The molecule has 0 radical (unpaired) electrons. The number of carbonyl (C=O) groups is 1. The molecule has 2 heterocycles. The SMILES string of the molecule is COc1ccc(CN2[C@@H]3CC[C@H]2CC(NC(=O)Nc2c(C)cccc2C)C3)cc1. The summed E-state index contributed by atoms with van der Waals surface area (Å²) in [6.07, 6.45) is 4.48. The highest BCUT2D eigenvalue weighted by Crippen LogP contribution is 2.37. The molecule has 0 spiro atoms. The van der Waals surface area contributed by atoms with Crippen molar-refractivity contribution in [2.24, 2.45) is 0 Å². The highest BCUT2D eigenvalue weighted by Gasteiger charge is 2.40. The molecule has 4 rings (SSSR count). The van der Waals surface area contributed by atoms with Crippen molar-refractivity contribution in [3.8, 4) is 5.75 Å². The summed E-state index contributed by atoms with van der Waals surface area (Å²) in [6, 6.07) is 15.7. The van der Waals surface area contributed by atoms with E-state index in [1.807, 2.05) is 44.2 Å². The Morgan fingerprint density at radius 2 is 1.66 bits per heavy atom. The van der Waals surface area contributed by atoms with E-state index in [2.05, 4.69) is 27.7 Å². The maximum absolute atomic E-state index is 12.6. The molecule has 2 N–H and O–H groups in total. The fraction of sp³-hybridized carbons (Fsp3) is 0.458. The summed E-state index contributed by atoms with van der Waals surface area (Å²) in [5.74, 6) is 0.898. The number of ether oxygens (including phenoxy) is 1. The first-order valence-electron chi connectivity index (χ1n) is 10.6. The zero-order valence-corrected chi connectivity index (χ0v) is 17.6. The molecular formula is C24H31N3O2. The van der Waals surface area contributed by atoms with Crippen molar-refractivity contribution >= 4 is 11.7 Å². The Kier molecular flexibility index (Phi) is 5.76. The maximum Gasteiger partial charge on any atom is 0.319 e. The number of aryl methyl sites for hydroxylation is 2. The molecule has 2 bridgehead atoms. The van der Waals surface area contributed by atoms with Crippen molar-refractivity contribution in [2.45, 2.75) is 64.2 Å². The maximum atomic E-state index is 12.6. The average Bonchev–Trinajstić information content (AvgIpc) is 2.94. The fourth-order valence-corrected chi connectivity index (χ4v) is 4.94. The molecule has 5 heteroatoms. The van der Waals surface area contributed by atoms with E-state index < -0.39 is 0 Å². The smallest absolute Gasteiger partial charge is 0.319 e. The number of piperidine rings is 1. The lowest BCUT2D eigenvalue weighted by atomic mass is 9.96. The van der Waals surface area contributed by atoms with E-state index >= 15 is 0 Å². The van der Waals surface area contributed by atoms with E-state index in [4.69, 9.17) is 4.74 Å². The molecule has 0 aliphatic carbocycles. The van der Waals surface area contributed by atoms with E-state index in [0.717, 1.165) is 42.0 Å². The zero-order valence-electron chi connectivity index (χ0n) is 17.6. The van der Waals surface area contributed by atoms with Crippen LogP contribution in [-0.2, 0) is 6.54 Å². The number of nitrogens with one attached hydrogen (secondary N) is 2. The Labute approximate surface area is 173 Å². The number of carbonyl (C=O) groups excluding carboxylic acids is 1. The molecule has 2 amide bonds. The molecule has 5 nitrogen and oxygen atoms in total. The van der Waals surface area contributed by atoms with Gasteiger partial charge in [-0.15, -0.1) is 0 Å². The van der Waals surface area contributed by atoms with Crippen molar-refractivity contribution in [2.75, 3.05) is 12.4 Å². The monoisotopic (exact) mass is 393 g/mol. The number of hydrogen-bond donors (Lipinski definition) is 2. The summed E-state index contributed by atoms with van der Waals surface area (Å²) >= 11 is 0. The Morgan fingerprint density at radius 3 is 2.24 bits per heavy atom. The normalized spacial score (nSPS) is 23.6. The van der Waals surface area contributed by atoms with Crippen LogP contribution in [0.25, 0.3) is 0 Å². The number of urea groups is 1. The first kappa shape index (κ1) is 19.8. The summed E-state index contributed by atoms with van der Waals surface area (Å²) in [6.45, 7) is 5.03. The van der Waals surface area contributed by atoms with Crippen molar-refractivity contribution in [3.63, 3.8) is 0 Å². The molecule has 0 saturated carbocycles. The molecule has 2 aliphatic rings. The quantitative estimate of drug-likeness (QED) is 0.779. The Bertz CT molecular complexity index is 831. The van der Waals surface area contributed by atoms with Crippen LogP contribution in [0, 0.1) is 13.8 Å². The van der Waals surface area contributed by atoms with Crippen molar-refractivity contribution in [1.82, 2.24) is 10.2 Å². The molecular weight excluding hydrogens is 362 g/mol. The first-order chi connectivity index (χ1) is 14.0. The predicted molar refractivity (Wildman–Crippen MR) is 116 cm³/mol. The third-order valence-corrected chi connectivity index (χ3v) is 6.46. The zero-order chi connectivity index (χ0) is 20.4. The molecule has 2 saturated heterocycles. The second-order valence-electron chi connectivity index (χ2n) is 8.44. The van der Waals surface area contributed by atoms with Crippen LogP contribution in [0.4, 0.5) is 10.5 Å². The third-order valence-electron chi connectivity index (χ3n) is 6.46. The number of nitrogens with zero attached hydrogens (tertiary/aromatic N) is 1. The topological polar surface area (TPSA) is 53.6 Å². The summed E-state index contributed by atoms with van der Waals surface area (Å²) in [5.41, 5.74) is 4.43. The van der Waals surface area contributed by atoms with Gasteiger partial charge in [0.25, 0.3) is 0 Å². The molecule has 0 aromatic heterocycles. The summed E-state index contributed by atoms with van der Waals surface area (Å²) in [4.78, 5) is 15.2. The van der Waals surface area contributed by atoms with Crippen LogP contribution in [0.15, 0.2) is 42.5 Å². The highest BCUT2D eigenvalue weighted by atomic mass is 16.5. The number of fused-ring (bicyclic) bond motifs is 2. The van der Waals surface area contributed by atoms with Gasteiger partial charge in [0.15, 0.2) is 0 Å². The van der Waals surface area contributed by atoms with Gasteiger partial charge in [-0.05, 0) is 68.4 Å². The Morgan fingerprint density at radius 1 is 1.03 bits per heavy atom. The largest absolute Gasteiger partial charge is 0.497 e. The molecule has 2 fully saturated rings. The third kappa shape index (κ3) is 4.40. The van der Waals surface area contributed by atoms with Gasteiger partial charge in [-0.25, -0.2) is 4.79 Å². The van der Waals surface area contributed by atoms with E-state index in [0.29, 0.717) is 12.1 Å². The summed E-state index contributed by atoms with van der Waals surface area (Å²) < 4.78 is 5.26. The molecule has 2 aromatic carbocycles. The lowest BCUT2D eigenvalue weighted by Crippen LogP contribution is -2.50. The number of rotatable bonds is 5. The number of amides is 2. The molecule has 154 valence electrons. The molecule has 1 unspecified atom stereocenters. The van der Waals surface area contributed by atoms with Gasteiger partial charge in [0.2, 0.25) is 0 Å². The lowest BCUT2D eigenvalue weighted by molar-refractivity contribution is 0.112. The number of para-hydroxylation sites is 1. The number of methoxy groups -OCH3 is 1. The average molecular weight is 394 g/mol. The van der Waals surface area contributed by atoms with Crippen LogP contribution >= 0.6 is 0 Å². The number of benzene rings is 2. The molecule has 29 heavy (non-hydrogen) atoms. The summed E-state index contributed by atoms with van der Waals surface area (Å²) in [7, 11) is 1.70. The van der Waals surface area contributed by atoms with Crippen LogP contribution in [0.2, 0.25) is 0 Å². The van der Waals surface area contributed by atoms with Gasteiger partial charge in [-0.2, -0.15) is 0 Å². The Balaban J connectivity index is 1.34. The van der Waals surface area contributed by atoms with Crippen molar-refractivity contribution < 1.29 is 9.53 Å². The van der Waals surface area contributed by atoms with Crippen molar-refractivity contribution in [3.05, 3.63) is 59.2 Å². The van der Waals surface area contributed by atoms with Crippen LogP contribution in [0.3, 0.4) is 0 Å². The van der Waals surface area contributed by atoms with E-state index in [1.54, 1.807) is 7.11 Å². The minimum absolute atomic E-state index is 0.0876. The second kappa shape index (κ2) is 8.46. The summed E-state index contributed by atoms with van der Waals surface area (Å²) in [5, 5.41) is 6.29. The lowest BCUT2D eigenvalue weighted by Gasteiger charge is -2.39.